The average molecular weight is 244 g/mol. The molecule has 0 aliphatic carbocycles. The summed E-state index contributed by atoms with van der Waals surface area (Å²) in [5.41, 5.74) is 4.47. The number of ether oxygens (including phenoxy) is 1. The SMILES string of the molecule is C[Si](C)(C)C#CCOC/C=C/c1ccccc1. The predicted octanol–water partition coefficient (Wildman–Crippen LogP) is 3.60. The highest BCUT2D eigenvalue weighted by molar-refractivity contribution is 6.83. The molecule has 1 aromatic carbocycles. The fourth-order valence-electron chi connectivity index (χ4n) is 1.23. The van der Waals surface area contributed by atoms with Crippen LogP contribution in [0.25, 0.3) is 6.08 Å². The van der Waals surface area contributed by atoms with Crippen molar-refractivity contribution in [1.29, 1.82) is 0 Å². The van der Waals surface area contributed by atoms with Crippen molar-refractivity contribution in [3.8, 4) is 11.5 Å². The van der Waals surface area contributed by atoms with Crippen LogP contribution in [0.2, 0.25) is 19.6 Å². The molecule has 0 aromatic heterocycles. The minimum Gasteiger partial charge on any atom is -0.365 e. The van der Waals surface area contributed by atoms with Gasteiger partial charge < -0.3 is 4.74 Å². The summed E-state index contributed by atoms with van der Waals surface area (Å²) in [5.74, 6) is 3.08. The molecule has 0 fully saturated rings. The van der Waals surface area contributed by atoms with Crippen molar-refractivity contribution < 1.29 is 4.74 Å². The zero-order valence-corrected chi connectivity index (χ0v) is 11.9. The standard InChI is InChI=1S/C15H20OSi/c1-17(2,3)14-8-13-16-12-7-11-15-9-5-4-6-10-15/h4-7,9-11H,12-13H2,1-3H3/b11-7+. The summed E-state index contributed by atoms with van der Waals surface area (Å²) < 4.78 is 5.41. The first-order valence-electron chi connectivity index (χ1n) is 5.87. The lowest BCUT2D eigenvalue weighted by Gasteiger charge is -2.03. The van der Waals surface area contributed by atoms with Gasteiger partial charge in [-0.15, -0.1) is 5.54 Å². The van der Waals surface area contributed by atoms with E-state index in [1.54, 1.807) is 0 Å². The normalized spacial score (nSPS) is 11.2. The summed E-state index contributed by atoms with van der Waals surface area (Å²) in [6.45, 7) is 7.85. The maximum absolute atomic E-state index is 5.41. The van der Waals surface area contributed by atoms with Gasteiger partial charge in [0.1, 0.15) is 14.7 Å². The quantitative estimate of drug-likeness (QED) is 0.447. The van der Waals surface area contributed by atoms with E-state index in [1.807, 2.05) is 24.3 Å². The first-order valence-corrected chi connectivity index (χ1v) is 9.37. The third-order valence-corrected chi connectivity index (χ3v) is 2.89. The molecule has 17 heavy (non-hydrogen) atoms. The molecule has 0 N–H and O–H groups in total. The molecule has 1 aromatic rings. The minimum atomic E-state index is -1.24. The Kier molecular flexibility index (Phi) is 5.75. The average Bonchev–Trinajstić information content (AvgIpc) is 2.28. The van der Waals surface area contributed by atoms with Gasteiger partial charge in [0.2, 0.25) is 0 Å². The summed E-state index contributed by atoms with van der Waals surface area (Å²) in [6.07, 6.45) is 4.08. The monoisotopic (exact) mass is 244 g/mol. The molecule has 0 saturated heterocycles. The van der Waals surface area contributed by atoms with Crippen molar-refractivity contribution in [2.45, 2.75) is 19.6 Å². The first-order chi connectivity index (χ1) is 8.08. The van der Waals surface area contributed by atoms with Gasteiger partial charge in [0.25, 0.3) is 0 Å². The van der Waals surface area contributed by atoms with E-state index in [0.29, 0.717) is 13.2 Å². The van der Waals surface area contributed by atoms with Crippen molar-refractivity contribution >= 4 is 14.1 Å². The molecule has 0 amide bonds. The molecule has 0 radical (unpaired) electrons. The number of hydrogen-bond donors (Lipinski definition) is 0. The Labute approximate surface area is 106 Å². The van der Waals surface area contributed by atoms with Gasteiger partial charge in [0.15, 0.2) is 0 Å². The van der Waals surface area contributed by atoms with E-state index in [4.69, 9.17) is 4.74 Å². The van der Waals surface area contributed by atoms with Crippen LogP contribution in [0.3, 0.4) is 0 Å². The highest BCUT2D eigenvalue weighted by atomic mass is 28.3. The van der Waals surface area contributed by atoms with E-state index in [2.05, 4.69) is 49.3 Å². The fraction of sp³-hybridized carbons (Fsp3) is 0.333. The van der Waals surface area contributed by atoms with E-state index in [9.17, 15) is 0 Å². The second-order valence-corrected chi connectivity index (χ2v) is 9.63. The van der Waals surface area contributed by atoms with Gasteiger partial charge in [-0.05, 0) is 5.56 Å². The fourth-order valence-corrected chi connectivity index (χ4v) is 1.83. The van der Waals surface area contributed by atoms with Crippen molar-refractivity contribution in [2.24, 2.45) is 0 Å². The highest BCUT2D eigenvalue weighted by Gasteiger charge is 2.06. The van der Waals surface area contributed by atoms with E-state index >= 15 is 0 Å². The van der Waals surface area contributed by atoms with Crippen LogP contribution in [0, 0.1) is 11.5 Å². The molecule has 0 bridgehead atoms. The largest absolute Gasteiger partial charge is 0.365 e. The minimum absolute atomic E-state index is 0.531. The topological polar surface area (TPSA) is 9.23 Å². The summed E-state index contributed by atoms with van der Waals surface area (Å²) in [5, 5.41) is 0. The molecule has 0 unspecified atom stereocenters. The molecule has 0 aliphatic heterocycles. The van der Waals surface area contributed by atoms with E-state index in [0.717, 1.165) is 0 Å². The summed E-state index contributed by atoms with van der Waals surface area (Å²) in [4.78, 5) is 0. The lowest BCUT2D eigenvalue weighted by molar-refractivity contribution is 0.200. The van der Waals surface area contributed by atoms with E-state index in [1.165, 1.54) is 5.56 Å². The highest BCUT2D eigenvalue weighted by Crippen LogP contribution is 2.00. The van der Waals surface area contributed by atoms with Crippen molar-refractivity contribution in [2.75, 3.05) is 13.2 Å². The second kappa shape index (κ2) is 7.11. The molecule has 1 rings (SSSR count). The maximum atomic E-state index is 5.41. The molecule has 0 spiro atoms. The summed E-state index contributed by atoms with van der Waals surface area (Å²) in [6, 6.07) is 10.2. The van der Waals surface area contributed by atoms with Crippen LogP contribution >= 0.6 is 0 Å². The van der Waals surface area contributed by atoms with Crippen LogP contribution in [0.15, 0.2) is 36.4 Å². The van der Waals surface area contributed by atoms with Crippen LogP contribution in [-0.4, -0.2) is 21.3 Å². The Hall–Kier alpha value is -1.30. The molecule has 0 atom stereocenters. The Morgan fingerprint density at radius 2 is 1.88 bits per heavy atom. The van der Waals surface area contributed by atoms with Gasteiger partial charge in [-0.2, -0.15) is 0 Å². The molecule has 0 saturated carbocycles. The maximum Gasteiger partial charge on any atom is 0.129 e. The Morgan fingerprint density at radius 3 is 2.53 bits per heavy atom. The Morgan fingerprint density at radius 1 is 1.18 bits per heavy atom. The molecule has 0 aliphatic rings. The molecule has 90 valence electrons. The van der Waals surface area contributed by atoms with Crippen molar-refractivity contribution in [3.63, 3.8) is 0 Å². The molecular formula is C15H20OSi. The van der Waals surface area contributed by atoms with Crippen LogP contribution in [0.5, 0.6) is 0 Å². The smallest absolute Gasteiger partial charge is 0.129 e. The Balaban J connectivity index is 2.20. The molecule has 0 heterocycles. The first kappa shape index (κ1) is 13.8. The van der Waals surface area contributed by atoms with Crippen LogP contribution in [0.1, 0.15) is 5.56 Å². The van der Waals surface area contributed by atoms with Gasteiger partial charge >= 0.3 is 0 Å². The lowest BCUT2D eigenvalue weighted by Crippen LogP contribution is -2.16. The van der Waals surface area contributed by atoms with Gasteiger partial charge in [-0.3, -0.25) is 0 Å². The van der Waals surface area contributed by atoms with Crippen LogP contribution < -0.4 is 0 Å². The Bertz CT molecular complexity index is 404. The van der Waals surface area contributed by atoms with Crippen LogP contribution in [0.4, 0.5) is 0 Å². The van der Waals surface area contributed by atoms with Gasteiger partial charge in [-0.1, -0.05) is 68.0 Å². The number of benzene rings is 1. The van der Waals surface area contributed by atoms with Crippen molar-refractivity contribution in [1.82, 2.24) is 0 Å². The van der Waals surface area contributed by atoms with Gasteiger partial charge in [-0.25, -0.2) is 0 Å². The van der Waals surface area contributed by atoms with E-state index in [-0.39, 0.29) is 0 Å². The van der Waals surface area contributed by atoms with Gasteiger partial charge in [0, 0.05) is 0 Å². The number of hydrogen-bond acceptors (Lipinski definition) is 1. The third-order valence-electron chi connectivity index (χ3n) is 1.96. The predicted molar refractivity (Wildman–Crippen MR) is 77.4 cm³/mol. The zero-order valence-electron chi connectivity index (χ0n) is 10.9. The third kappa shape index (κ3) is 7.57. The summed E-state index contributed by atoms with van der Waals surface area (Å²) in [7, 11) is -1.24. The lowest BCUT2D eigenvalue weighted by atomic mass is 10.2. The molecular weight excluding hydrogens is 224 g/mol. The van der Waals surface area contributed by atoms with E-state index < -0.39 is 8.07 Å². The number of rotatable bonds is 4. The zero-order chi connectivity index (χ0) is 12.6. The molecule has 1 nitrogen and oxygen atoms in total. The summed E-state index contributed by atoms with van der Waals surface area (Å²) >= 11 is 0. The van der Waals surface area contributed by atoms with Gasteiger partial charge in [0.05, 0.1) is 6.61 Å². The van der Waals surface area contributed by atoms with Crippen LogP contribution in [-0.2, 0) is 4.74 Å². The second-order valence-electron chi connectivity index (χ2n) is 4.88. The molecule has 2 heteroatoms. The van der Waals surface area contributed by atoms with Crippen molar-refractivity contribution in [3.05, 3.63) is 42.0 Å².